The summed E-state index contributed by atoms with van der Waals surface area (Å²) in [4.78, 5) is 2.54. The first-order valence-corrected chi connectivity index (χ1v) is 9.29. The van der Waals surface area contributed by atoms with E-state index < -0.39 is 0 Å². The Morgan fingerprint density at radius 1 is 1.24 bits per heavy atom. The monoisotopic (exact) mass is 338 g/mol. The molecule has 25 heavy (non-hydrogen) atoms. The van der Waals surface area contributed by atoms with Gasteiger partial charge in [0.05, 0.1) is 5.69 Å². The number of nitrogens with zero attached hydrogens (tertiary/aromatic N) is 6. The van der Waals surface area contributed by atoms with Gasteiger partial charge in [-0.3, -0.25) is 14.0 Å². The first-order valence-electron chi connectivity index (χ1n) is 9.29. The quantitative estimate of drug-likeness (QED) is 0.717. The molecule has 1 aliphatic heterocycles. The number of piperidine rings is 1. The van der Waals surface area contributed by atoms with E-state index in [0.717, 1.165) is 49.8 Å². The largest absolute Gasteiger partial charge is 0.298 e. The van der Waals surface area contributed by atoms with E-state index in [4.69, 9.17) is 0 Å². The zero-order chi connectivity index (χ0) is 17.2. The summed E-state index contributed by atoms with van der Waals surface area (Å²) in [6.07, 6.45) is 7.79. The van der Waals surface area contributed by atoms with Gasteiger partial charge >= 0.3 is 0 Å². The lowest BCUT2D eigenvalue weighted by Crippen LogP contribution is -2.34. The van der Waals surface area contributed by atoms with Gasteiger partial charge in [0.15, 0.2) is 5.65 Å². The molecule has 0 aromatic carbocycles. The molecule has 0 radical (unpaired) electrons. The predicted octanol–water partition coefficient (Wildman–Crippen LogP) is 3.02. The fraction of sp³-hybridized carbons (Fsp3) is 0.526. The van der Waals surface area contributed by atoms with Gasteiger partial charge in [0, 0.05) is 43.5 Å². The maximum atomic E-state index is 4.64. The molecule has 0 amide bonds. The summed E-state index contributed by atoms with van der Waals surface area (Å²) >= 11 is 0. The van der Waals surface area contributed by atoms with Crippen molar-refractivity contribution in [2.45, 2.75) is 52.1 Å². The Balaban J connectivity index is 1.49. The van der Waals surface area contributed by atoms with Crippen molar-refractivity contribution in [3.8, 4) is 0 Å². The smallest absolute Gasteiger partial charge is 0.160 e. The molecule has 0 aliphatic carbocycles. The Morgan fingerprint density at radius 3 is 3.04 bits per heavy atom. The van der Waals surface area contributed by atoms with E-state index in [2.05, 4.69) is 55.5 Å². The molecule has 0 saturated carbocycles. The topological polar surface area (TPSA) is 51.2 Å². The normalized spacial score (nSPS) is 18.9. The number of pyridine rings is 1. The van der Waals surface area contributed by atoms with Crippen molar-refractivity contribution < 1.29 is 0 Å². The van der Waals surface area contributed by atoms with Crippen LogP contribution in [0.2, 0.25) is 0 Å². The molecule has 0 N–H and O–H groups in total. The Morgan fingerprint density at radius 2 is 2.16 bits per heavy atom. The van der Waals surface area contributed by atoms with Gasteiger partial charge < -0.3 is 0 Å². The van der Waals surface area contributed by atoms with Crippen LogP contribution in [0.25, 0.3) is 5.65 Å². The van der Waals surface area contributed by atoms with Crippen LogP contribution in [-0.2, 0) is 13.1 Å². The first-order chi connectivity index (χ1) is 12.2. The Labute approximate surface area is 148 Å². The average Bonchev–Trinajstić information content (AvgIpc) is 3.19. The minimum atomic E-state index is 0.442. The minimum Gasteiger partial charge on any atom is -0.298 e. The maximum Gasteiger partial charge on any atom is 0.160 e. The van der Waals surface area contributed by atoms with Crippen LogP contribution in [0.1, 0.15) is 49.2 Å². The van der Waals surface area contributed by atoms with Crippen molar-refractivity contribution in [3.05, 3.63) is 47.7 Å². The van der Waals surface area contributed by atoms with Crippen LogP contribution in [0.15, 0.2) is 30.6 Å². The Bertz CT molecular complexity index is 849. The molecular formula is C19H26N6. The summed E-state index contributed by atoms with van der Waals surface area (Å²) in [7, 11) is 0. The first kappa shape index (κ1) is 16.3. The average molecular weight is 338 g/mol. The van der Waals surface area contributed by atoms with Gasteiger partial charge in [0.25, 0.3) is 0 Å². The van der Waals surface area contributed by atoms with E-state index in [9.17, 15) is 0 Å². The zero-order valence-electron chi connectivity index (χ0n) is 15.1. The number of aryl methyl sites for hydroxylation is 2. The summed E-state index contributed by atoms with van der Waals surface area (Å²) in [6, 6.07) is 6.08. The second-order valence-electron chi connectivity index (χ2n) is 7.06. The molecule has 4 rings (SSSR count). The van der Waals surface area contributed by atoms with Crippen LogP contribution in [-0.4, -0.2) is 42.4 Å². The van der Waals surface area contributed by atoms with Crippen LogP contribution < -0.4 is 0 Å². The van der Waals surface area contributed by atoms with Crippen molar-refractivity contribution in [2.75, 3.05) is 13.1 Å². The summed E-state index contributed by atoms with van der Waals surface area (Å²) in [5.74, 6) is 1.54. The fourth-order valence-corrected chi connectivity index (χ4v) is 3.85. The number of likely N-dealkylation sites (tertiary alicyclic amines) is 1. The number of aromatic nitrogens is 5. The number of fused-ring (bicyclic) bond motifs is 1. The SMILES string of the molecule is CCCn1cc(CN2CCCC(c3nnc4ccccn34)C2)c(C)n1. The van der Waals surface area contributed by atoms with Crippen molar-refractivity contribution in [1.29, 1.82) is 0 Å². The van der Waals surface area contributed by atoms with Crippen LogP contribution in [0.4, 0.5) is 0 Å². The van der Waals surface area contributed by atoms with E-state index >= 15 is 0 Å². The molecular weight excluding hydrogens is 312 g/mol. The third-order valence-corrected chi connectivity index (χ3v) is 5.11. The second kappa shape index (κ2) is 6.96. The van der Waals surface area contributed by atoms with Crippen LogP contribution in [0.3, 0.4) is 0 Å². The molecule has 1 unspecified atom stereocenters. The van der Waals surface area contributed by atoms with E-state index in [0.29, 0.717) is 5.92 Å². The second-order valence-corrected chi connectivity index (χ2v) is 7.06. The van der Waals surface area contributed by atoms with Crippen molar-refractivity contribution >= 4 is 5.65 Å². The van der Waals surface area contributed by atoms with Crippen LogP contribution in [0.5, 0.6) is 0 Å². The van der Waals surface area contributed by atoms with Crippen molar-refractivity contribution in [1.82, 2.24) is 29.3 Å². The third kappa shape index (κ3) is 3.31. The molecule has 0 spiro atoms. The van der Waals surface area contributed by atoms with E-state index in [1.54, 1.807) is 0 Å². The van der Waals surface area contributed by atoms with Gasteiger partial charge in [-0.2, -0.15) is 5.10 Å². The van der Waals surface area contributed by atoms with E-state index in [-0.39, 0.29) is 0 Å². The van der Waals surface area contributed by atoms with E-state index in [1.807, 2.05) is 18.2 Å². The van der Waals surface area contributed by atoms with Crippen molar-refractivity contribution in [2.24, 2.45) is 0 Å². The van der Waals surface area contributed by atoms with Crippen LogP contribution >= 0.6 is 0 Å². The highest BCUT2D eigenvalue weighted by Gasteiger charge is 2.25. The molecule has 1 fully saturated rings. The summed E-state index contributed by atoms with van der Waals surface area (Å²) in [5, 5.41) is 13.4. The number of hydrogen-bond acceptors (Lipinski definition) is 4. The summed E-state index contributed by atoms with van der Waals surface area (Å²) in [5.41, 5.74) is 3.44. The van der Waals surface area contributed by atoms with Gasteiger partial charge in [-0.1, -0.05) is 13.0 Å². The van der Waals surface area contributed by atoms with Gasteiger partial charge in [-0.05, 0) is 44.9 Å². The molecule has 132 valence electrons. The summed E-state index contributed by atoms with van der Waals surface area (Å²) in [6.45, 7) is 8.46. The molecule has 3 aromatic heterocycles. The van der Waals surface area contributed by atoms with E-state index in [1.165, 1.54) is 18.4 Å². The lowest BCUT2D eigenvalue weighted by atomic mass is 9.97. The molecule has 6 nitrogen and oxygen atoms in total. The van der Waals surface area contributed by atoms with Gasteiger partial charge in [0.1, 0.15) is 5.82 Å². The van der Waals surface area contributed by atoms with Gasteiger partial charge in [0.2, 0.25) is 0 Å². The number of hydrogen-bond donors (Lipinski definition) is 0. The molecule has 0 bridgehead atoms. The molecule has 1 atom stereocenters. The van der Waals surface area contributed by atoms with Crippen molar-refractivity contribution in [3.63, 3.8) is 0 Å². The highest BCUT2D eigenvalue weighted by molar-refractivity contribution is 5.37. The summed E-state index contributed by atoms with van der Waals surface area (Å²) < 4.78 is 4.22. The van der Waals surface area contributed by atoms with Gasteiger partial charge in [-0.15, -0.1) is 10.2 Å². The van der Waals surface area contributed by atoms with Crippen LogP contribution in [0, 0.1) is 6.92 Å². The fourth-order valence-electron chi connectivity index (χ4n) is 3.85. The zero-order valence-corrected chi connectivity index (χ0v) is 15.1. The number of rotatable bonds is 5. The van der Waals surface area contributed by atoms with Gasteiger partial charge in [-0.25, -0.2) is 0 Å². The molecule has 1 aliphatic rings. The Hall–Kier alpha value is -2.21. The minimum absolute atomic E-state index is 0.442. The lowest BCUT2D eigenvalue weighted by molar-refractivity contribution is 0.195. The predicted molar refractivity (Wildman–Crippen MR) is 97.5 cm³/mol. The molecule has 6 heteroatoms. The molecule has 4 heterocycles. The highest BCUT2D eigenvalue weighted by Crippen LogP contribution is 2.27. The lowest BCUT2D eigenvalue weighted by Gasteiger charge is -2.31. The third-order valence-electron chi connectivity index (χ3n) is 5.11. The Kier molecular flexibility index (Phi) is 4.53. The molecule has 1 saturated heterocycles. The molecule has 3 aromatic rings. The highest BCUT2D eigenvalue weighted by atomic mass is 15.3. The maximum absolute atomic E-state index is 4.64. The standard InChI is InChI=1S/C19H26N6/c1-3-9-24-14-17(15(2)22-24)13-23-10-6-7-16(12-23)19-21-20-18-8-4-5-11-25(18)19/h4-5,8,11,14,16H,3,6-7,9-10,12-13H2,1-2H3.